The topological polar surface area (TPSA) is 112 Å². The van der Waals surface area contributed by atoms with Gasteiger partial charge in [-0.3, -0.25) is 9.78 Å². The van der Waals surface area contributed by atoms with Gasteiger partial charge in [0.15, 0.2) is 0 Å². The van der Waals surface area contributed by atoms with Gasteiger partial charge in [0.2, 0.25) is 0 Å². The van der Waals surface area contributed by atoms with Crippen LogP contribution in [0.25, 0.3) is 0 Å². The number of carbonyl (C=O) groups is 2. The average molecular weight is 471 g/mol. The Bertz CT molecular complexity index is 1010. The molecule has 0 saturated heterocycles. The van der Waals surface area contributed by atoms with Crippen LogP contribution in [0, 0.1) is 5.82 Å². The highest BCUT2D eigenvalue weighted by Crippen LogP contribution is 2.33. The molecule has 1 aromatic carbocycles. The minimum atomic E-state index is -4.80. The predicted octanol–water partition coefficient (Wildman–Crippen LogP) is 3.55. The molecular formula is C22H25F4N3O4. The highest BCUT2D eigenvalue weighted by molar-refractivity contribution is 5.95. The second-order valence-corrected chi connectivity index (χ2v) is 8.53. The molecule has 33 heavy (non-hydrogen) atoms. The van der Waals surface area contributed by atoms with Crippen molar-refractivity contribution in [1.29, 1.82) is 0 Å². The highest BCUT2D eigenvalue weighted by atomic mass is 19.4. The number of rotatable bonds is 7. The van der Waals surface area contributed by atoms with E-state index in [4.69, 9.17) is 5.11 Å². The molecule has 180 valence electrons. The van der Waals surface area contributed by atoms with E-state index in [2.05, 4.69) is 10.3 Å². The fourth-order valence-electron chi connectivity index (χ4n) is 3.24. The highest BCUT2D eigenvalue weighted by Gasteiger charge is 2.35. The summed E-state index contributed by atoms with van der Waals surface area (Å²) in [5.41, 5.74) is -1.98. The van der Waals surface area contributed by atoms with Crippen LogP contribution in [-0.2, 0) is 19.0 Å². The van der Waals surface area contributed by atoms with Crippen molar-refractivity contribution in [2.75, 3.05) is 0 Å². The van der Waals surface area contributed by atoms with Crippen LogP contribution < -0.4 is 10.6 Å². The molecule has 7 nitrogen and oxygen atoms in total. The molecule has 2 aromatic rings. The fourth-order valence-corrected chi connectivity index (χ4v) is 3.24. The Labute approximate surface area is 187 Å². The number of alkyl halides is 3. The van der Waals surface area contributed by atoms with Crippen LogP contribution in [0.1, 0.15) is 48.0 Å². The lowest BCUT2D eigenvalue weighted by molar-refractivity contribution is -0.138. The van der Waals surface area contributed by atoms with Crippen LogP contribution in [0.3, 0.4) is 0 Å². The van der Waals surface area contributed by atoms with Gasteiger partial charge in [-0.25, -0.2) is 9.18 Å². The van der Waals surface area contributed by atoms with Crippen molar-refractivity contribution >= 4 is 12.0 Å². The van der Waals surface area contributed by atoms with E-state index < -0.39 is 59.2 Å². The smallest absolute Gasteiger partial charge is 0.416 e. The van der Waals surface area contributed by atoms with E-state index in [1.54, 1.807) is 20.8 Å². The van der Waals surface area contributed by atoms with E-state index in [0.717, 1.165) is 0 Å². The normalized spacial score (nSPS) is 13.8. The molecule has 0 bridgehead atoms. The molecule has 0 saturated carbocycles. The average Bonchev–Trinajstić information content (AvgIpc) is 2.65. The number of amides is 2. The number of hydrogen-bond acceptors (Lipinski definition) is 4. The Kier molecular flexibility index (Phi) is 8.02. The third kappa shape index (κ3) is 7.70. The molecule has 11 heteroatoms. The quantitative estimate of drug-likeness (QED) is 0.462. The molecule has 2 rings (SSSR count). The lowest BCUT2D eigenvalue weighted by Crippen LogP contribution is -2.46. The monoisotopic (exact) mass is 471 g/mol. The van der Waals surface area contributed by atoms with Crippen molar-refractivity contribution in [3.05, 3.63) is 64.7 Å². The summed E-state index contributed by atoms with van der Waals surface area (Å²) in [6, 6.07) is 3.38. The number of carbonyl (C=O) groups excluding carboxylic acids is 1. The lowest BCUT2D eigenvalue weighted by Gasteiger charge is -2.25. The van der Waals surface area contributed by atoms with Crippen molar-refractivity contribution in [3.63, 3.8) is 0 Å². The van der Waals surface area contributed by atoms with E-state index in [9.17, 15) is 32.3 Å². The van der Waals surface area contributed by atoms with Crippen LogP contribution in [-0.4, -0.2) is 44.9 Å². The van der Waals surface area contributed by atoms with Gasteiger partial charge in [-0.2, -0.15) is 13.2 Å². The predicted molar refractivity (Wildman–Crippen MR) is 111 cm³/mol. The van der Waals surface area contributed by atoms with Gasteiger partial charge in [0.25, 0.3) is 5.91 Å². The van der Waals surface area contributed by atoms with E-state index >= 15 is 0 Å². The number of nitrogens with zero attached hydrogens (tertiary/aromatic N) is 1. The summed E-state index contributed by atoms with van der Waals surface area (Å²) in [5.74, 6) is -1.42. The zero-order valence-electron chi connectivity index (χ0n) is 18.2. The fraction of sp³-hybridized carbons (Fsp3) is 0.409. The molecule has 1 aromatic heterocycles. The summed E-state index contributed by atoms with van der Waals surface area (Å²) in [6.45, 7) is 5.29. The third-order valence-electron chi connectivity index (χ3n) is 4.61. The van der Waals surface area contributed by atoms with E-state index in [1.807, 2.05) is 5.32 Å². The second kappa shape index (κ2) is 10.2. The number of carboxylic acid groups (broad SMARTS) is 1. The van der Waals surface area contributed by atoms with Gasteiger partial charge in [-0.05, 0) is 63.1 Å². The number of halogens is 4. The zero-order valence-corrected chi connectivity index (χ0v) is 18.2. The zero-order chi connectivity index (χ0) is 25.0. The maximum absolute atomic E-state index is 13.7. The summed E-state index contributed by atoms with van der Waals surface area (Å²) in [6.07, 6.45) is -7.58. The van der Waals surface area contributed by atoms with Crippen molar-refractivity contribution in [1.82, 2.24) is 15.6 Å². The Morgan fingerprint density at radius 1 is 1.12 bits per heavy atom. The number of pyridine rings is 1. The SMILES string of the molecule is CC(C)(C)NC(=O)c1cccnc1CC(O)C(Cc1cc(F)ccc1C(F)(F)F)NC(=O)O. The molecule has 0 aliphatic heterocycles. The Balaban J connectivity index is 2.34. The first-order chi connectivity index (χ1) is 15.2. The van der Waals surface area contributed by atoms with Gasteiger partial charge in [0.05, 0.1) is 29.0 Å². The molecule has 0 aliphatic rings. The summed E-state index contributed by atoms with van der Waals surface area (Å²) in [7, 11) is 0. The van der Waals surface area contributed by atoms with Gasteiger partial charge >= 0.3 is 12.3 Å². The van der Waals surface area contributed by atoms with Crippen molar-refractivity contribution in [3.8, 4) is 0 Å². The second-order valence-electron chi connectivity index (χ2n) is 8.53. The Morgan fingerprint density at radius 3 is 2.36 bits per heavy atom. The van der Waals surface area contributed by atoms with Crippen LogP contribution in [0.5, 0.6) is 0 Å². The number of aromatic nitrogens is 1. The van der Waals surface area contributed by atoms with Crippen LogP contribution >= 0.6 is 0 Å². The van der Waals surface area contributed by atoms with Crippen molar-refractivity contribution < 1.29 is 37.4 Å². The molecule has 0 radical (unpaired) electrons. The Hall–Kier alpha value is -3.21. The summed E-state index contributed by atoms with van der Waals surface area (Å²) in [5, 5.41) is 24.6. The molecule has 0 fully saturated rings. The van der Waals surface area contributed by atoms with E-state index in [0.29, 0.717) is 18.2 Å². The van der Waals surface area contributed by atoms with Gasteiger partial charge in [-0.1, -0.05) is 0 Å². The molecule has 0 aliphatic carbocycles. The van der Waals surface area contributed by atoms with Crippen LogP contribution in [0.15, 0.2) is 36.5 Å². The van der Waals surface area contributed by atoms with Crippen LogP contribution in [0.4, 0.5) is 22.4 Å². The molecular weight excluding hydrogens is 446 g/mol. The van der Waals surface area contributed by atoms with E-state index in [-0.39, 0.29) is 17.7 Å². The van der Waals surface area contributed by atoms with Gasteiger partial charge < -0.3 is 20.8 Å². The molecule has 2 unspecified atom stereocenters. The maximum atomic E-state index is 13.7. The summed E-state index contributed by atoms with van der Waals surface area (Å²) >= 11 is 0. The molecule has 2 atom stereocenters. The van der Waals surface area contributed by atoms with Gasteiger partial charge in [-0.15, -0.1) is 0 Å². The largest absolute Gasteiger partial charge is 0.465 e. The minimum Gasteiger partial charge on any atom is -0.465 e. The van der Waals surface area contributed by atoms with E-state index in [1.165, 1.54) is 18.3 Å². The summed E-state index contributed by atoms with van der Waals surface area (Å²) < 4.78 is 53.7. The first-order valence-corrected chi connectivity index (χ1v) is 9.97. The number of hydrogen-bond donors (Lipinski definition) is 4. The third-order valence-corrected chi connectivity index (χ3v) is 4.61. The lowest BCUT2D eigenvalue weighted by atomic mass is 9.93. The van der Waals surface area contributed by atoms with Crippen LogP contribution in [0.2, 0.25) is 0 Å². The molecule has 1 heterocycles. The molecule has 2 amide bonds. The number of benzene rings is 1. The molecule has 4 N–H and O–H groups in total. The van der Waals surface area contributed by atoms with Gasteiger partial charge in [0, 0.05) is 18.2 Å². The first kappa shape index (κ1) is 26.0. The first-order valence-electron chi connectivity index (χ1n) is 9.97. The Morgan fingerprint density at radius 2 is 1.79 bits per heavy atom. The van der Waals surface area contributed by atoms with Gasteiger partial charge in [0.1, 0.15) is 5.82 Å². The standard InChI is InChI=1S/C22H25F4N3O4/c1-21(2,3)29-19(31)14-5-4-8-27-16(14)11-18(30)17(28-20(32)33)10-12-9-13(23)6-7-15(12)22(24,25)26/h4-9,17-18,28,30H,10-11H2,1-3H3,(H,29,31)(H,32,33). The summed E-state index contributed by atoms with van der Waals surface area (Å²) in [4.78, 5) is 27.9. The minimum absolute atomic E-state index is 0.124. The number of aliphatic hydroxyl groups excluding tert-OH is 1. The number of nitrogens with one attached hydrogen (secondary N) is 2. The maximum Gasteiger partial charge on any atom is 0.416 e. The van der Waals surface area contributed by atoms with Crippen molar-refractivity contribution in [2.24, 2.45) is 0 Å². The number of aliphatic hydroxyl groups is 1. The molecule has 0 spiro atoms. The van der Waals surface area contributed by atoms with Crippen molar-refractivity contribution in [2.45, 2.75) is 57.5 Å².